The molecule has 0 aromatic rings. The molecule has 24 heavy (non-hydrogen) atoms. The van der Waals surface area contributed by atoms with E-state index in [1.165, 1.54) is 14.2 Å². The van der Waals surface area contributed by atoms with E-state index in [1.54, 1.807) is 12.2 Å². The summed E-state index contributed by atoms with van der Waals surface area (Å²) in [6, 6.07) is 0. The summed E-state index contributed by atoms with van der Waals surface area (Å²) < 4.78 is 10.3. The van der Waals surface area contributed by atoms with Gasteiger partial charge in [0, 0.05) is 11.1 Å². The minimum atomic E-state index is -0.280. The SMILES string of the molecule is COC1=CC(=C2C=C(C(C)C)C(=O)C(C(C)C)=C2)C=C(OC)C1=O. The fourth-order valence-electron chi connectivity index (χ4n) is 2.75. The third-order valence-electron chi connectivity index (χ3n) is 4.18. The van der Waals surface area contributed by atoms with Crippen molar-refractivity contribution in [1.82, 2.24) is 0 Å². The number of hydrogen-bond donors (Lipinski definition) is 0. The van der Waals surface area contributed by atoms with Crippen molar-refractivity contribution in [1.29, 1.82) is 0 Å². The summed E-state index contributed by atoms with van der Waals surface area (Å²) in [5.74, 6) is 0.524. The molecule has 0 unspecified atom stereocenters. The minimum Gasteiger partial charge on any atom is -0.492 e. The van der Waals surface area contributed by atoms with Crippen molar-refractivity contribution in [3.05, 3.63) is 58.1 Å². The summed E-state index contributed by atoms with van der Waals surface area (Å²) in [6.07, 6.45) is 7.19. The third kappa shape index (κ3) is 3.28. The van der Waals surface area contributed by atoms with E-state index >= 15 is 0 Å². The number of carbonyl (C=O) groups excluding carboxylic acids is 2. The van der Waals surface area contributed by atoms with Gasteiger partial charge in [0.2, 0.25) is 0 Å². The van der Waals surface area contributed by atoms with Crippen molar-refractivity contribution in [2.75, 3.05) is 14.2 Å². The van der Waals surface area contributed by atoms with Crippen molar-refractivity contribution in [2.45, 2.75) is 27.7 Å². The average molecular weight is 328 g/mol. The fourth-order valence-corrected chi connectivity index (χ4v) is 2.75. The lowest BCUT2D eigenvalue weighted by atomic mass is 9.81. The van der Waals surface area contributed by atoms with Crippen LogP contribution in [-0.4, -0.2) is 25.8 Å². The molecule has 0 aliphatic heterocycles. The Kier molecular flexibility index (Phi) is 5.27. The minimum absolute atomic E-state index is 0.100. The van der Waals surface area contributed by atoms with Crippen molar-refractivity contribution < 1.29 is 19.1 Å². The molecular formula is C20H24O4. The zero-order chi connectivity index (χ0) is 18.0. The van der Waals surface area contributed by atoms with Crippen LogP contribution in [0.1, 0.15) is 27.7 Å². The Morgan fingerprint density at radius 2 is 1.04 bits per heavy atom. The molecule has 0 fully saturated rings. The van der Waals surface area contributed by atoms with Crippen LogP contribution in [-0.2, 0) is 19.1 Å². The Morgan fingerprint density at radius 3 is 1.38 bits per heavy atom. The number of hydrogen-bond acceptors (Lipinski definition) is 4. The molecule has 2 aliphatic rings. The van der Waals surface area contributed by atoms with Gasteiger partial charge >= 0.3 is 0 Å². The molecular weight excluding hydrogens is 304 g/mol. The standard InChI is InChI=1S/C20H24O4/c1-11(2)15-7-13(8-16(12(3)4)19(15)21)14-9-17(23-5)20(22)18(10-14)24-6/h7-12H,1-6H3. The van der Waals surface area contributed by atoms with Gasteiger partial charge in [-0.1, -0.05) is 27.7 Å². The number of methoxy groups -OCH3 is 2. The first kappa shape index (κ1) is 18.0. The molecule has 0 saturated heterocycles. The highest BCUT2D eigenvalue weighted by atomic mass is 16.5. The van der Waals surface area contributed by atoms with E-state index in [2.05, 4.69) is 0 Å². The van der Waals surface area contributed by atoms with Crippen LogP contribution in [0.15, 0.2) is 58.1 Å². The highest BCUT2D eigenvalue weighted by Gasteiger charge is 2.27. The summed E-state index contributed by atoms with van der Waals surface area (Å²) in [6.45, 7) is 8.03. The van der Waals surface area contributed by atoms with Crippen LogP contribution in [0.3, 0.4) is 0 Å². The molecule has 0 radical (unpaired) electrons. The third-order valence-corrected chi connectivity index (χ3v) is 4.18. The van der Waals surface area contributed by atoms with Crippen LogP contribution >= 0.6 is 0 Å². The smallest absolute Gasteiger partial charge is 0.261 e. The lowest BCUT2D eigenvalue weighted by Crippen LogP contribution is -2.19. The number of Topliss-reactive ketones (excluding diaryl/α,β-unsaturated/α-hetero) is 2. The van der Waals surface area contributed by atoms with Gasteiger partial charge in [-0.15, -0.1) is 0 Å². The molecule has 0 amide bonds. The largest absolute Gasteiger partial charge is 0.492 e. The van der Waals surface area contributed by atoms with Gasteiger partial charge in [-0.05, 0) is 47.3 Å². The molecule has 4 heteroatoms. The molecule has 0 heterocycles. The quantitative estimate of drug-likeness (QED) is 0.790. The monoisotopic (exact) mass is 328 g/mol. The van der Waals surface area contributed by atoms with Gasteiger partial charge in [0.15, 0.2) is 17.3 Å². The van der Waals surface area contributed by atoms with Crippen molar-refractivity contribution in [3.8, 4) is 0 Å². The number of allylic oxidation sites excluding steroid dienone is 8. The first-order valence-corrected chi connectivity index (χ1v) is 8.08. The predicted molar refractivity (Wildman–Crippen MR) is 93.1 cm³/mol. The second kappa shape index (κ2) is 7.04. The molecule has 128 valence electrons. The highest BCUT2D eigenvalue weighted by Crippen LogP contribution is 2.32. The van der Waals surface area contributed by atoms with E-state index in [-0.39, 0.29) is 34.9 Å². The maximum atomic E-state index is 12.6. The molecule has 4 nitrogen and oxygen atoms in total. The Hall–Kier alpha value is -2.36. The van der Waals surface area contributed by atoms with E-state index in [1.807, 2.05) is 39.8 Å². The molecule has 0 saturated carbocycles. The van der Waals surface area contributed by atoms with Crippen molar-refractivity contribution in [3.63, 3.8) is 0 Å². The Morgan fingerprint density at radius 1 is 0.667 bits per heavy atom. The Bertz CT molecular complexity index is 669. The lowest BCUT2D eigenvalue weighted by Gasteiger charge is -2.22. The van der Waals surface area contributed by atoms with E-state index < -0.39 is 0 Å². The molecule has 0 aromatic heterocycles. The van der Waals surface area contributed by atoms with Gasteiger partial charge in [-0.2, -0.15) is 0 Å². The molecule has 0 spiro atoms. The van der Waals surface area contributed by atoms with Crippen LogP contribution in [0.25, 0.3) is 0 Å². The predicted octanol–water partition coefficient (Wildman–Crippen LogP) is 3.67. The number of carbonyl (C=O) groups is 2. The first-order valence-electron chi connectivity index (χ1n) is 8.08. The van der Waals surface area contributed by atoms with Crippen LogP contribution < -0.4 is 0 Å². The van der Waals surface area contributed by atoms with E-state index in [0.29, 0.717) is 0 Å². The highest BCUT2D eigenvalue weighted by molar-refractivity contribution is 6.11. The average Bonchev–Trinajstić information content (AvgIpc) is 2.54. The van der Waals surface area contributed by atoms with E-state index in [4.69, 9.17) is 9.47 Å². The summed E-state index contributed by atoms with van der Waals surface area (Å²) in [5, 5.41) is 0. The number of ether oxygens (including phenoxy) is 2. The Labute approximate surface area is 143 Å². The number of rotatable bonds is 4. The fraction of sp³-hybridized carbons (Fsp3) is 0.400. The van der Waals surface area contributed by atoms with Crippen molar-refractivity contribution in [2.24, 2.45) is 11.8 Å². The van der Waals surface area contributed by atoms with Gasteiger partial charge in [0.25, 0.3) is 5.78 Å². The molecule has 0 bridgehead atoms. The first-order chi connectivity index (χ1) is 11.3. The van der Waals surface area contributed by atoms with Crippen LogP contribution in [0.4, 0.5) is 0 Å². The molecule has 2 rings (SSSR count). The summed E-state index contributed by atoms with van der Waals surface area (Å²) in [7, 11) is 2.92. The molecule has 0 atom stereocenters. The summed E-state index contributed by atoms with van der Waals surface area (Å²) >= 11 is 0. The van der Waals surface area contributed by atoms with Crippen LogP contribution in [0.5, 0.6) is 0 Å². The summed E-state index contributed by atoms with van der Waals surface area (Å²) in [4.78, 5) is 24.8. The van der Waals surface area contributed by atoms with Gasteiger partial charge in [-0.3, -0.25) is 9.59 Å². The van der Waals surface area contributed by atoms with Crippen molar-refractivity contribution >= 4 is 11.6 Å². The van der Waals surface area contributed by atoms with Gasteiger partial charge in [0.05, 0.1) is 14.2 Å². The second-order valence-electron chi connectivity index (χ2n) is 6.50. The van der Waals surface area contributed by atoms with Gasteiger partial charge < -0.3 is 9.47 Å². The zero-order valence-electron chi connectivity index (χ0n) is 15.1. The van der Waals surface area contributed by atoms with E-state index in [0.717, 1.165) is 22.3 Å². The maximum absolute atomic E-state index is 12.6. The molecule has 0 N–H and O–H groups in total. The zero-order valence-corrected chi connectivity index (χ0v) is 15.1. The number of ketones is 2. The second-order valence-corrected chi connectivity index (χ2v) is 6.50. The van der Waals surface area contributed by atoms with Gasteiger partial charge in [-0.25, -0.2) is 0 Å². The lowest BCUT2D eigenvalue weighted by molar-refractivity contribution is -0.118. The normalized spacial score (nSPS) is 18.5. The molecule has 2 aliphatic carbocycles. The van der Waals surface area contributed by atoms with Gasteiger partial charge in [0.1, 0.15) is 0 Å². The van der Waals surface area contributed by atoms with Crippen LogP contribution in [0, 0.1) is 11.8 Å². The topological polar surface area (TPSA) is 52.6 Å². The molecule has 0 aromatic carbocycles. The Balaban J connectivity index is 2.68. The summed E-state index contributed by atoms with van der Waals surface area (Å²) in [5.41, 5.74) is 3.24. The van der Waals surface area contributed by atoms with Crippen LogP contribution in [0.2, 0.25) is 0 Å². The van der Waals surface area contributed by atoms with E-state index in [9.17, 15) is 9.59 Å². The maximum Gasteiger partial charge on any atom is 0.261 e.